The predicted molar refractivity (Wildman–Crippen MR) is 78.3 cm³/mol. The van der Waals surface area contributed by atoms with E-state index >= 15 is 0 Å². The van der Waals surface area contributed by atoms with E-state index in [2.05, 4.69) is 20.4 Å². The van der Waals surface area contributed by atoms with Crippen LogP contribution in [0.3, 0.4) is 0 Å². The summed E-state index contributed by atoms with van der Waals surface area (Å²) in [6.45, 7) is 1.92. The van der Waals surface area contributed by atoms with Crippen LogP contribution in [0.5, 0.6) is 0 Å². The van der Waals surface area contributed by atoms with Crippen LogP contribution >= 0.6 is 23.1 Å². The number of rotatable bonds is 4. The van der Waals surface area contributed by atoms with E-state index in [4.69, 9.17) is 10.2 Å². The molecule has 0 aliphatic carbocycles. The molecule has 0 saturated carbocycles. The first-order chi connectivity index (χ1) is 10.1. The van der Waals surface area contributed by atoms with Crippen molar-refractivity contribution in [3.05, 3.63) is 36.0 Å². The molecule has 21 heavy (non-hydrogen) atoms. The minimum absolute atomic E-state index is 0.0842. The van der Waals surface area contributed by atoms with Crippen molar-refractivity contribution in [3.63, 3.8) is 0 Å². The van der Waals surface area contributed by atoms with Crippen LogP contribution in [0.4, 0.5) is 9.52 Å². The summed E-state index contributed by atoms with van der Waals surface area (Å²) in [7, 11) is 0. The van der Waals surface area contributed by atoms with Gasteiger partial charge in [0, 0.05) is 5.56 Å². The van der Waals surface area contributed by atoms with Gasteiger partial charge < -0.3 is 10.2 Å². The Labute approximate surface area is 127 Å². The van der Waals surface area contributed by atoms with Gasteiger partial charge in [-0.25, -0.2) is 4.39 Å². The molecule has 0 amide bonds. The molecule has 0 bridgehead atoms. The number of nitrogens with two attached hydrogens (primary N) is 1. The Morgan fingerprint density at radius 2 is 1.95 bits per heavy atom. The Hall–Kier alpha value is -2.00. The Morgan fingerprint density at radius 1 is 1.19 bits per heavy atom. The van der Waals surface area contributed by atoms with Crippen LogP contribution in [-0.4, -0.2) is 20.4 Å². The second-order valence-electron chi connectivity index (χ2n) is 4.12. The highest BCUT2D eigenvalue weighted by molar-refractivity contribution is 8.01. The van der Waals surface area contributed by atoms with Crippen molar-refractivity contribution in [2.24, 2.45) is 0 Å². The van der Waals surface area contributed by atoms with Crippen LogP contribution in [0, 0.1) is 5.82 Å². The average molecular weight is 323 g/mol. The zero-order chi connectivity index (χ0) is 14.8. The SMILES string of the molecule is C[C@@H](Sc1nnc(N)s1)c1nnc(-c2ccc(F)cc2)o1. The lowest BCUT2D eigenvalue weighted by Gasteiger charge is -2.02. The summed E-state index contributed by atoms with van der Waals surface area (Å²) in [5.74, 6) is 0.513. The lowest BCUT2D eigenvalue weighted by molar-refractivity contribution is 0.509. The molecule has 0 saturated heterocycles. The number of benzene rings is 1. The van der Waals surface area contributed by atoms with Gasteiger partial charge in [-0.15, -0.1) is 20.4 Å². The van der Waals surface area contributed by atoms with E-state index in [9.17, 15) is 4.39 Å². The van der Waals surface area contributed by atoms with Crippen LogP contribution in [0.25, 0.3) is 11.5 Å². The van der Waals surface area contributed by atoms with Crippen molar-refractivity contribution >= 4 is 28.2 Å². The third kappa shape index (κ3) is 3.19. The Bertz CT molecular complexity index is 742. The zero-order valence-electron chi connectivity index (χ0n) is 10.9. The molecule has 0 aliphatic heterocycles. The van der Waals surface area contributed by atoms with E-state index in [1.54, 1.807) is 12.1 Å². The fourth-order valence-electron chi connectivity index (χ4n) is 1.58. The maximum atomic E-state index is 12.9. The molecule has 0 spiro atoms. The smallest absolute Gasteiger partial charge is 0.247 e. The van der Waals surface area contributed by atoms with E-state index in [0.29, 0.717) is 22.5 Å². The Kier molecular flexibility index (Phi) is 3.84. The predicted octanol–water partition coefficient (Wildman–Crippen LogP) is 3.16. The fraction of sp³-hybridized carbons (Fsp3) is 0.167. The standard InChI is InChI=1S/C12H10FN5OS2/c1-6(20-12-18-17-11(14)21-12)9-15-16-10(19-9)7-2-4-8(13)5-3-7/h2-6H,1H3,(H2,14,17)/t6-/m1/s1. The number of aromatic nitrogens is 4. The lowest BCUT2D eigenvalue weighted by atomic mass is 10.2. The number of halogens is 1. The molecule has 2 heterocycles. The molecule has 108 valence electrons. The molecular formula is C12H10FN5OS2. The number of hydrogen-bond acceptors (Lipinski definition) is 8. The molecule has 2 N–H and O–H groups in total. The molecule has 3 rings (SSSR count). The number of thioether (sulfide) groups is 1. The number of nitrogens with zero attached hydrogens (tertiary/aromatic N) is 4. The third-order valence-corrected chi connectivity index (χ3v) is 4.50. The van der Waals surface area contributed by atoms with Gasteiger partial charge in [0.05, 0.1) is 5.25 Å². The van der Waals surface area contributed by atoms with Gasteiger partial charge in [-0.1, -0.05) is 23.1 Å². The summed E-state index contributed by atoms with van der Waals surface area (Å²) in [5, 5.41) is 16.0. The average Bonchev–Trinajstić information content (AvgIpc) is 3.09. The van der Waals surface area contributed by atoms with Gasteiger partial charge in [-0.3, -0.25) is 0 Å². The Morgan fingerprint density at radius 3 is 2.62 bits per heavy atom. The van der Waals surface area contributed by atoms with Crippen LogP contribution < -0.4 is 5.73 Å². The van der Waals surface area contributed by atoms with Crippen molar-refractivity contribution < 1.29 is 8.81 Å². The number of anilines is 1. The number of nitrogen functional groups attached to an aromatic ring is 1. The molecule has 6 nitrogen and oxygen atoms in total. The van der Waals surface area contributed by atoms with Gasteiger partial charge >= 0.3 is 0 Å². The first-order valence-electron chi connectivity index (χ1n) is 5.97. The second kappa shape index (κ2) is 5.78. The second-order valence-corrected chi connectivity index (χ2v) is 6.72. The molecule has 0 aliphatic rings. The van der Waals surface area contributed by atoms with Crippen LogP contribution in [0.15, 0.2) is 33.0 Å². The molecule has 3 aromatic rings. The third-order valence-electron chi connectivity index (χ3n) is 2.58. The minimum Gasteiger partial charge on any atom is -0.419 e. The molecule has 0 unspecified atom stereocenters. The lowest BCUT2D eigenvalue weighted by Crippen LogP contribution is -1.88. The normalized spacial score (nSPS) is 12.5. The van der Waals surface area contributed by atoms with Gasteiger partial charge in [0.25, 0.3) is 0 Å². The van der Waals surface area contributed by atoms with E-state index < -0.39 is 0 Å². The summed E-state index contributed by atoms with van der Waals surface area (Å²) in [4.78, 5) is 0. The molecular weight excluding hydrogens is 313 g/mol. The van der Waals surface area contributed by atoms with Crippen LogP contribution in [0.1, 0.15) is 18.1 Å². The van der Waals surface area contributed by atoms with Crippen LogP contribution in [-0.2, 0) is 0 Å². The summed E-state index contributed by atoms with van der Waals surface area (Å²) < 4.78 is 19.2. The van der Waals surface area contributed by atoms with Crippen LogP contribution in [0.2, 0.25) is 0 Å². The summed E-state index contributed by atoms with van der Waals surface area (Å²) in [5.41, 5.74) is 6.21. The monoisotopic (exact) mass is 323 g/mol. The highest BCUT2D eigenvalue weighted by Gasteiger charge is 2.18. The molecule has 9 heteroatoms. The first kappa shape index (κ1) is 14.0. The largest absolute Gasteiger partial charge is 0.419 e. The Balaban J connectivity index is 1.76. The summed E-state index contributed by atoms with van der Waals surface area (Å²) in [6.07, 6.45) is 0. The molecule has 0 radical (unpaired) electrons. The van der Waals surface area contributed by atoms with Crippen molar-refractivity contribution in [1.82, 2.24) is 20.4 Å². The molecule has 2 aromatic heterocycles. The summed E-state index contributed by atoms with van der Waals surface area (Å²) in [6, 6.07) is 5.88. The van der Waals surface area contributed by atoms with E-state index in [-0.39, 0.29) is 11.1 Å². The van der Waals surface area contributed by atoms with Gasteiger partial charge in [0.1, 0.15) is 5.82 Å². The van der Waals surface area contributed by atoms with Gasteiger partial charge in [0.15, 0.2) is 4.34 Å². The number of hydrogen-bond donors (Lipinski definition) is 1. The van der Waals surface area contributed by atoms with E-state index in [1.165, 1.54) is 35.2 Å². The van der Waals surface area contributed by atoms with Gasteiger partial charge in [0.2, 0.25) is 16.9 Å². The highest BCUT2D eigenvalue weighted by atomic mass is 32.2. The van der Waals surface area contributed by atoms with Crippen molar-refractivity contribution in [2.45, 2.75) is 16.5 Å². The topological polar surface area (TPSA) is 90.7 Å². The van der Waals surface area contributed by atoms with Crippen molar-refractivity contribution in [2.75, 3.05) is 5.73 Å². The maximum absolute atomic E-state index is 12.9. The molecule has 0 fully saturated rings. The van der Waals surface area contributed by atoms with Gasteiger partial charge in [-0.05, 0) is 31.2 Å². The minimum atomic E-state index is -0.309. The van der Waals surface area contributed by atoms with E-state index in [0.717, 1.165) is 4.34 Å². The fourth-order valence-corrected chi connectivity index (χ4v) is 3.39. The summed E-state index contributed by atoms with van der Waals surface area (Å²) >= 11 is 2.74. The van der Waals surface area contributed by atoms with E-state index in [1.807, 2.05) is 6.92 Å². The highest BCUT2D eigenvalue weighted by Crippen LogP contribution is 2.36. The quantitative estimate of drug-likeness (QED) is 0.737. The van der Waals surface area contributed by atoms with Gasteiger partial charge in [-0.2, -0.15) is 0 Å². The van der Waals surface area contributed by atoms with Crippen molar-refractivity contribution in [1.29, 1.82) is 0 Å². The molecule has 1 atom stereocenters. The molecule has 1 aromatic carbocycles. The maximum Gasteiger partial charge on any atom is 0.247 e. The first-order valence-corrected chi connectivity index (χ1v) is 7.66. The van der Waals surface area contributed by atoms with Crippen molar-refractivity contribution in [3.8, 4) is 11.5 Å². The zero-order valence-corrected chi connectivity index (χ0v) is 12.5.